The van der Waals surface area contributed by atoms with E-state index < -0.39 is 5.91 Å². The van der Waals surface area contributed by atoms with E-state index in [1.165, 1.54) is 6.20 Å². The van der Waals surface area contributed by atoms with Crippen molar-refractivity contribution in [2.24, 2.45) is 5.73 Å². The third-order valence-electron chi connectivity index (χ3n) is 3.14. The van der Waals surface area contributed by atoms with E-state index in [1.54, 1.807) is 6.20 Å². The van der Waals surface area contributed by atoms with E-state index in [4.69, 9.17) is 5.73 Å². The molecule has 0 aliphatic rings. The summed E-state index contributed by atoms with van der Waals surface area (Å²) in [5, 5.41) is 10.4. The summed E-state index contributed by atoms with van der Waals surface area (Å²) in [6, 6.07) is 0. The molecule has 0 aromatic carbocycles. The van der Waals surface area contributed by atoms with Crippen LogP contribution in [0.25, 0.3) is 0 Å². The summed E-state index contributed by atoms with van der Waals surface area (Å²) in [6.45, 7) is 12.3. The topological polar surface area (TPSA) is 111 Å². The van der Waals surface area contributed by atoms with Crippen molar-refractivity contribution in [1.29, 1.82) is 0 Å². The number of carbonyl (C=O) groups excluding carboxylic acids is 1. The molecule has 24 heavy (non-hydrogen) atoms. The van der Waals surface area contributed by atoms with Crippen molar-refractivity contribution in [2.45, 2.75) is 33.2 Å². The number of nitrogens with zero attached hydrogens (tertiary/aromatic N) is 4. The van der Waals surface area contributed by atoms with Crippen LogP contribution < -0.4 is 16.4 Å². The standard InChI is InChI=1S/C16H23N7O/c1-10(2)6-18-14-12(13(17)24)8-19-15(22-14)21-11-7-20-23(9-11)16(3,4)5/h7-9H,1,6H2,2-5H3,(H2,17,24)(H2,18,19,21,22). The van der Waals surface area contributed by atoms with Gasteiger partial charge in [-0.25, -0.2) is 4.98 Å². The second kappa shape index (κ2) is 6.69. The zero-order valence-corrected chi connectivity index (χ0v) is 14.4. The molecule has 0 saturated heterocycles. The number of rotatable bonds is 6. The van der Waals surface area contributed by atoms with Gasteiger partial charge >= 0.3 is 0 Å². The molecule has 0 bridgehead atoms. The second-order valence-corrected chi connectivity index (χ2v) is 6.60. The molecule has 2 aromatic heterocycles. The van der Waals surface area contributed by atoms with Gasteiger partial charge in [-0.05, 0) is 27.7 Å². The Morgan fingerprint density at radius 3 is 2.62 bits per heavy atom. The van der Waals surface area contributed by atoms with E-state index in [1.807, 2.05) is 17.8 Å². The maximum Gasteiger partial charge on any atom is 0.254 e. The lowest BCUT2D eigenvalue weighted by molar-refractivity contribution is 0.100. The summed E-state index contributed by atoms with van der Waals surface area (Å²) >= 11 is 0. The fraction of sp³-hybridized carbons (Fsp3) is 0.375. The molecule has 0 fully saturated rings. The van der Waals surface area contributed by atoms with Crippen LogP contribution in [0.15, 0.2) is 30.7 Å². The van der Waals surface area contributed by atoms with Gasteiger partial charge in [0.25, 0.3) is 5.91 Å². The Bertz CT molecular complexity index is 758. The number of primary amides is 1. The number of amides is 1. The van der Waals surface area contributed by atoms with Gasteiger partial charge in [0.05, 0.1) is 23.0 Å². The smallest absolute Gasteiger partial charge is 0.254 e. The highest BCUT2D eigenvalue weighted by Gasteiger charge is 2.15. The van der Waals surface area contributed by atoms with Crippen molar-refractivity contribution in [2.75, 3.05) is 17.2 Å². The number of nitrogens with one attached hydrogen (secondary N) is 2. The highest BCUT2D eigenvalue weighted by molar-refractivity contribution is 5.97. The maximum absolute atomic E-state index is 11.5. The predicted molar refractivity (Wildman–Crippen MR) is 94.4 cm³/mol. The largest absolute Gasteiger partial charge is 0.366 e. The molecule has 8 heteroatoms. The number of aromatic nitrogens is 4. The monoisotopic (exact) mass is 329 g/mol. The molecule has 0 aliphatic heterocycles. The average molecular weight is 329 g/mol. The van der Waals surface area contributed by atoms with Crippen LogP contribution in [0.4, 0.5) is 17.5 Å². The van der Waals surface area contributed by atoms with Gasteiger partial charge < -0.3 is 16.4 Å². The molecule has 0 unspecified atom stereocenters. The Labute approximate surface area is 141 Å². The third kappa shape index (κ3) is 4.31. The molecule has 0 atom stereocenters. The van der Waals surface area contributed by atoms with Crippen LogP contribution >= 0.6 is 0 Å². The molecule has 0 saturated carbocycles. The molecule has 1 amide bonds. The van der Waals surface area contributed by atoms with Crippen molar-refractivity contribution in [1.82, 2.24) is 19.7 Å². The highest BCUT2D eigenvalue weighted by atomic mass is 16.1. The lowest BCUT2D eigenvalue weighted by atomic mass is 10.1. The summed E-state index contributed by atoms with van der Waals surface area (Å²) in [7, 11) is 0. The minimum Gasteiger partial charge on any atom is -0.366 e. The number of nitrogens with two attached hydrogens (primary N) is 1. The van der Waals surface area contributed by atoms with Crippen LogP contribution in [0, 0.1) is 0 Å². The molecule has 2 rings (SSSR count). The molecule has 2 heterocycles. The minimum absolute atomic E-state index is 0.120. The van der Waals surface area contributed by atoms with E-state index in [9.17, 15) is 4.79 Å². The summed E-state index contributed by atoms with van der Waals surface area (Å²) in [5.74, 6) is 0.121. The number of carbonyl (C=O) groups is 1. The molecule has 128 valence electrons. The van der Waals surface area contributed by atoms with E-state index in [-0.39, 0.29) is 11.1 Å². The lowest BCUT2D eigenvalue weighted by Crippen LogP contribution is -2.21. The third-order valence-corrected chi connectivity index (χ3v) is 3.14. The van der Waals surface area contributed by atoms with Gasteiger partial charge in [-0.2, -0.15) is 10.1 Å². The van der Waals surface area contributed by atoms with Gasteiger partial charge in [0, 0.05) is 18.9 Å². The first kappa shape index (κ1) is 17.5. The van der Waals surface area contributed by atoms with Gasteiger partial charge in [0.2, 0.25) is 5.95 Å². The number of anilines is 3. The van der Waals surface area contributed by atoms with Crippen LogP contribution in [0.2, 0.25) is 0 Å². The van der Waals surface area contributed by atoms with E-state index in [0.717, 1.165) is 11.3 Å². The predicted octanol–water partition coefficient (Wildman–Crippen LogP) is 2.26. The first-order valence-corrected chi connectivity index (χ1v) is 7.54. The first-order chi connectivity index (χ1) is 11.2. The quantitative estimate of drug-likeness (QED) is 0.701. The Morgan fingerprint density at radius 1 is 1.38 bits per heavy atom. The van der Waals surface area contributed by atoms with Crippen LogP contribution in [0.3, 0.4) is 0 Å². The SMILES string of the molecule is C=C(C)CNc1nc(Nc2cnn(C(C)(C)C)c2)ncc1C(N)=O. The summed E-state index contributed by atoms with van der Waals surface area (Å²) in [6.07, 6.45) is 4.95. The fourth-order valence-corrected chi connectivity index (χ4v) is 1.88. The van der Waals surface area contributed by atoms with Gasteiger partial charge in [-0.1, -0.05) is 12.2 Å². The number of hydrogen-bond acceptors (Lipinski definition) is 6. The fourth-order valence-electron chi connectivity index (χ4n) is 1.88. The Balaban J connectivity index is 2.24. The highest BCUT2D eigenvalue weighted by Crippen LogP contribution is 2.20. The molecule has 0 spiro atoms. The zero-order chi connectivity index (χ0) is 17.9. The molecular formula is C16H23N7O. The molecule has 0 aliphatic carbocycles. The summed E-state index contributed by atoms with van der Waals surface area (Å²) in [4.78, 5) is 19.9. The molecule has 0 radical (unpaired) electrons. The molecular weight excluding hydrogens is 306 g/mol. The number of hydrogen-bond donors (Lipinski definition) is 3. The van der Waals surface area contributed by atoms with Crippen LogP contribution in [0.1, 0.15) is 38.1 Å². The zero-order valence-electron chi connectivity index (χ0n) is 14.4. The lowest BCUT2D eigenvalue weighted by Gasteiger charge is -2.18. The van der Waals surface area contributed by atoms with Gasteiger partial charge in [-0.15, -0.1) is 0 Å². The van der Waals surface area contributed by atoms with Crippen LogP contribution in [-0.2, 0) is 5.54 Å². The average Bonchev–Trinajstić information content (AvgIpc) is 2.93. The Morgan fingerprint density at radius 2 is 2.08 bits per heavy atom. The summed E-state index contributed by atoms with van der Waals surface area (Å²) < 4.78 is 1.84. The summed E-state index contributed by atoms with van der Waals surface area (Å²) in [5.41, 5.74) is 7.13. The molecule has 4 N–H and O–H groups in total. The normalized spacial score (nSPS) is 11.2. The second-order valence-electron chi connectivity index (χ2n) is 6.60. The van der Waals surface area contributed by atoms with E-state index >= 15 is 0 Å². The van der Waals surface area contributed by atoms with Crippen LogP contribution in [0.5, 0.6) is 0 Å². The van der Waals surface area contributed by atoms with Crippen molar-refractivity contribution in [3.63, 3.8) is 0 Å². The van der Waals surface area contributed by atoms with Crippen LogP contribution in [-0.4, -0.2) is 32.2 Å². The Kier molecular flexibility index (Phi) is 4.87. The van der Waals surface area contributed by atoms with E-state index in [2.05, 4.69) is 53.1 Å². The van der Waals surface area contributed by atoms with Crippen molar-refractivity contribution in [3.8, 4) is 0 Å². The van der Waals surface area contributed by atoms with E-state index in [0.29, 0.717) is 18.3 Å². The molecule has 8 nitrogen and oxygen atoms in total. The maximum atomic E-state index is 11.5. The van der Waals surface area contributed by atoms with Gasteiger partial charge in [0.15, 0.2) is 0 Å². The van der Waals surface area contributed by atoms with Crippen molar-refractivity contribution < 1.29 is 4.79 Å². The van der Waals surface area contributed by atoms with Gasteiger partial charge in [0.1, 0.15) is 5.82 Å². The Hall–Kier alpha value is -2.90. The van der Waals surface area contributed by atoms with Crippen molar-refractivity contribution in [3.05, 3.63) is 36.3 Å². The van der Waals surface area contributed by atoms with Crippen molar-refractivity contribution >= 4 is 23.4 Å². The van der Waals surface area contributed by atoms with Gasteiger partial charge in [-0.3, -0.25) is 9.48 Å². The molecule has 2 aromatic rings. The first-order valence-electron chi connectivity index (χ1n) is 7.54. The minimum atomic E-state index is -0.591.